The lowest BCUT2D eigenvalue weighted by Crippen LogP contribution is -2.15. The summed E-state index contributed by atoms with van der Waals surface area (Å²) in [7, 11) is 1.85. The van der Waals surface area contributed by atoms with Crippen molar-refractivity contribution in [1.29, 1.82) is 0 Å². The fraction of sp³-hybridized carbons (Fsp3) is 0.312. The van der Waals surface area contributed by atoms with Crippen LogP contribution in [0.25, 0.3) is 0 Å². The van der Waals surface area contributed by atoms with E-state index >= 15 is 0 Å². The second-order valence-electron chi connectivity index (χ2n) is 5.05. The Kier molecular flexibility index (Phi) is 4.65. The predicted molar refractivity (Wildman–Crippen MR) is 83.5 cm³/mol. The Balaban J connectivity index is 2.12. The number of carbonyl (C=O) groups excluding carboxylic acids is 1. The first-order valence-electron chi connectivity index (χ1n) is 6.56. The first-order valence-corrected chi connectivity index (χ1v) is 7.35. The van der Waals surface area contributed by atoms with Crippen molar-refractivity contribution in [2.75, 3.05) is 6.61 Å². The lowest BCUT2D eigenvalue weighted by atomic mass is 10.0. The first-order chi connectivity index (χ1) is 9.49. The molecule has 1 aromatic carbocycles. The topological polar surface area (TPSA) is 31.2 Å². The monoisotopic (exact) mass is 335 g/mol. The SMILES string of the molecule is CC(C)c1cc(Br)ccc1OCC(=O)c1cccn1C. The number of rotatable bonds is 5. The van der Waals surface area contributed by atoms with Crippen LogP contribution < -0.4 is 4.74 Å². The Morgan fingerprint density at radius 3 is 2.70 bits per heavy atom. The van der Waals surface area contributed by atoms with E-state index in [1.807, 2.05) is 37.5 Å². The van der Waals surface area contributed by atoms with E-state index in [4.69, 9.17) is 4.74 Å². The Hall–Kier alpha value is -1.55. The van der Waals surface area contributed by atoms with Crippen LogP contribution >= 0.6 is 15.9 Å². The van der Waals surface area contributed by atoms with Crippen molar-refractivity contribution >= 4 is 21.7 Å². The van der Waals surface area contributed by atoms with E-state index in [1.165, 1.54) is 0 Å². The lowest BCUT2D eigenvalue weighted by molar-refractivity contribution is 0.0912. The summed E-state index contributed by atoms with van der Waals surface area (Å²) >= 11 is 3.46. The molecule has 106 valence electrons. The third-order valence-electron chi connectivity index (χ3n) is 3.18. The van der Waals surface area contributed by atoms with Gasteiger partial charge in [-0.25, -0.2) is 0 Å². The number of benzene rings is 1. The zero-order valence-corrected chi connectivity index (χ0v) is 13.5. The normalized spacial score (nSPS) is 10.8. The maximum atomic E-state index is 12.1. The highest BCUT2D eigenvalue weighted by molar-refractivity contribution is 9.10. The van der Waals surface area contributed by atoms with Gasteiger partial charge in [0, 0.05) is 17.7 Å². The summed E-state index contributed by atoms with van der Waals surface area (Å²) in [4.78, 5) is 12.1. The minimum atomic E-state index is -0.0184. The standard InChI is InChI=1S/C16H18BrNO2/c1-11(2)13-9-12(17)6-7-16(13)20-10-15(19)14-5-4-8-18(14)3/h4-9,11H,10H2,1-3H3. The molecule has 0 radical (unpaired) electrons. The van der Waals surface area contributed by atoms with Gasteiger partial charge >= 0.3 is 0 Å². The molecule has 1 heterocycles. The van der Waals surface area contributed by atoms with Crippen molar-refractivity contribution in [1.82, 2.24) is 4.57 Å². The van der Waals surface area contributed by atoms with E-state index in [0.29, 0.717) is 11.6 Å². The first kappa shape index (κ1) is 14.9. The molecule has 1 aromatic heterocycles. The second-order valence-corrected chi connectivity index (χ2v) is 5.97. The molecular weight excluding hydrogens is 318 g/mol. The zero-order valence-electron chi connectivity index (χ0n) is 11.9. The molecule has 0 atom stereocenters. The number of aromatic nitrogens is 1. The third-order valence-corrected chi connectivity index (χ3v) is 3.68. The van der Waals surface area contributed by atoms with Gasteiger partial charge in [0.05, 0.1) is 5.69 Å². The minimum Gasteiger partial charge on any atom is -0.485 e. The number of aryl methyl sites for hydroxylation is 1. The van der Waals surface area contributed by atoms with Crippen LogP contribution in [0, 0.1) is 0 Å². The summed E-state index contributed by atoms with van der Waals surface area (Å²) < 4.78 is 8.53. The fourth-order valence-corrected chi connectivity index (χ4v) is 2.45. The van der Waals surface area contributed by atoms with E-state index in [2.05, 4.69) is 29.8 Å². The smallest absolute Gasteiger partial charge is 0.216 e. The summed E-state index contributed by atoms with van der Waals surface area (Å²) in [5, 5.41) is 0. The van der Waals surface area contributed by atoms with Gasteiger partial charge in [0.25, 0.3) is 0 Å². The molecule has 3 nitrogen and oxygen atoms in total. The molecule has 20 heavy (non-hydrogen) atoms. The van der Waals surface area contributed by atoms with Crippen molar-refractivity contribution in [3.63, 3.8) is 0 Å². The second kappa shape index (κ2) is 6.27. The molecule has 0 N–H and O–H groups in total. The molecule has 0 saturated carbocycles. The van der Waals surface area contributed by atoms with Crippen molar-refractivity contribution < 1.29 is 9.53 Å². The number of ether oxygens (including phenoxy) is 1. The number of Topliss-reactive ketones (excluding diaryl/α,β-unsaturated/α-hetero) is 1. The molecular formula is C16H18BrNO2. The van der Waals surface area contributed by atoms with Gasteiger partial charge < -0.3 is 9.30 Å². The van der Waals surface area contributed by atoms with E-state index in [9.17, 15) is 4.79 Å². The zero-order chi connectivity index (χ0) is 14.7. The van der Waals surface area contributed by atoms with Crippen LogP contribution in [0.15, 0.2) is 41.0 Å². The largest absolute Gasteiger partial charge is 0.485 e. The van der Waals surface area contributed by atoms with E-state index in [1.54, 1.807) is 10.6 Å². The van der Waals surface area contributed by atoms with Gasteiger partial charge in [0.1, 0.15) is 5.75 Å². The Labute approximate surface area is 127 Å². The van der Waals surface area contributed by atoms with Crippen molar-refractivity contribution in [2.45, 2.75) is 19.8 Å². The van der Waals surface area contributed by atoms with Crippen molar-refractivity contribution in [2.24, 2.45) is 7.05 Å². The molecule has 0 spiro atoms. The molecule has 0 fully saturated rings. The average Bonchev–Trinajstić information content (AvgIpc) is 2.83. The quantitative estimate of drug-likeness (QED) is 0.768. The van der Waals surface area contributed by atoms with Crippen LogP contribution in [-0.4, -0.2) is 17.0 Å². The molecule has 4 heteroatoms. The van der Waals surface area contributed by atoms with Crippen molar-refractivity contribution in [3.05, 3.63) is 52.3 Å². The van der Waals surface area contributed by atoms with Crippen LogP contribution in [0.2, 0.25) is 0 Å². The Bertz CT molecular complexity index is 617. The molecule has 2 rings (SSSR count). The van der Waals surface area contributed by atoms with E-state index in [0.717, 1.165) is 15.8 Å². The molecule has 0 aliphatic carbocycles. The molecule has 0 amide bonds. The van der Waals surface area contributed by atoms with Gasteiger partial charge in [-0.3, -0.25) is 4.79 Å². The number of carbonyl (C=O) groups is 1. The molecule has 0 saturated heterocycles. The summed E-state index contributed by atoms with van der Waals surface area (Å²) in [6, 6.07) is 9.52. The summed E-state index contributed by atoms with van der Waals surface area (Å²) in [6.45, 7) is 4.26. The van der Waals surface area contributed by atoms with Crippen LogP contribution in [0.3, 0.4) is 0 Å². The van der Waals surface area contributed by atoms with Gasteiger partial charge in [-0.2, -0.15) is 0 Å². The Morgan fingerprint density at radius 1 is 1.35 bits per heavy atom. The molecule has 2 aromatic rings. The minimum absolute atomic E-state index is 0.0184. The number of halogens is 1. The van der Waals surface area contributed by atoms with Crippen LogP contribution in [0.1, 0.15) is 35.8 Å². The molecule has 0 unspecified atom stereocenters. The van der Waals surface area contributed by atoms with E-state index in [-0.39, 0.29) is 12.4 Å². The molecule has 0 aliphatic rings. The Morgan fingerprint density at radius 2 is 2.10 bits per heavy atom. The summed E-state index contributed by atoms with van der Waals surface area (Å²) in [5.41, 5.74) is 1.76. The maximum Gasteiger partial charge on any atom is 0.216 e. The highest BCUT2D eigenvalue weighted by Crippen LogP contribution is 2.29. The highest BCUT2D eigenvalue weighted by atomic mass is 79.9. The molecule has 0 bridgehead atoms. The lowest BCUT2D eigenvalue weighted by Gasteiger charge is -2.14. The van der Waals surface area contributed by atoms with Crippen LogP contribution in [0.4, 0.5) is 0 Å². The van der Waals surface area contributed by atoms with Gasteiger partial charge in [-0.05, 0) is 41.8 Å². The van der Waals surface area contributed by atoms with Gasteiger partial charge in [0.2, 0.25) is 5.78 Å². The fourth-order valence-electron chi connectivity index (χ4n) is 2.07. The number of ketones is 1. The van der Waals surface area contributed by atoms with Crippen molar-refractivity contribution in [3.8, 4) is 5.75 Å². The van der Waals surface area contributed by atoms with Crippen LogP contribution in [-0.2, 0) is 7.05 Å². The van der Waals surface area contributed by atoms with E-state index < -0.39 is 0 Å². The maximum absolute atomic E-state index is 12.1. The highest BCUT2D eigenvalue weighted by Gasteiger charge is 2.13. The number of hydrogen-bond acceptors (Lipinski definition) is 2. The average molecular weight is 336 g/mol. The predicted octanol–water partition coefficient (Wildman–Crippen LogP) is 4.17. The van der Waals surface area contributed by atoms with Crippen LogP contribution in [0.5, 0.6) is 5.75 Å². The third kappa shape index (κ3) is 3.31. The van der Waals surface area contributed by atoms with Gasteiger partial charge in [0.15, 0.2) is 6.61 Å². The van der Waals surface area contributed by atoms with Gasteiger partial charge in [-0.15, -0.1) is 0 Å². The number of nitrogens with zero attached hydrogens (tertiary/aromatic N) is 1. The summed E-state index contributed by atoms with van der Waals surface area (Å²) in [5.74, 6) is 1.09. The molecule has 0 aliphatic heterocycles. The van der Waals surface area contributed by atoms with Gasteiger partial charge in [-0.1, -0.05) is 29.8 Å². The summed E-state index contributed by atoms with van der Waals surface area (Å²) in [6.07, 6.45) is 1.85. The number of hydrogen-bond donors (Lipinski definition) is 0.